The van der Waals surface area contributed by atoms with Crippen molar-refractivity contribution in [3.05, 3.63) is 47.7 Å². The molecule has 4 rings (SSSR count). The molecule has 1 aromatic heterocycles. The number of rotatable bonds is 4. The molecule has 2 saturated heterocycles. The van der Waals surface area contributed by atoms with Crippen LogP contribution >= 0.6 is 11.6 Å². The van der Waals surface area contributed by atoms with Crippen LogP contribution in [0.25, 0.3) is 0 Å². The lowest BCUT2D eigenvalue weighted by molar-refractivity contribution is -0.892. The van der Waals surface area contributed by atoms with Crippen molar-refractivity contribution in [2.24, 2.45) is 0 Å². The highest BCUT2D eigenvalue weighted by Gasteiger charge is 2.27. The lowest BCUT2D eigenvalue weighted by Gasteiger charge is -2.37. The predicted octanol–water partition coefficient (Wildman–Crippen LogP) is 0.184. The van der Waals surface area contributed by atoms with Crippen molar-refractivity contribution in [1.82, 2.24) is 14.9 Å². The van der Waals surface area contributed by atoms with Crippen LogP contribution in [-0.4, -0.2) is 79.7 Å². The lowest BCUT2D eigenvalue weighted by Crippen LogP contribution is -3.16. The van der Waals surface area contributed by atoms with Gasteiger partial charge in [-0.25, -0.2) is 9.97 Å². The number of nitrogens with zero attached hydrogens (tertiary/aromatic N) is 5. The van der Waals surface area contributed by atoms with Crippen LogP contribution in [0.4, 0.5) is 11.6 Å². The predicted molar refractivity (Wildman–Crippen MR) is 110 cm³/mol. The van der Waals surface area contributed by atoms with E-state index in [4.69, 9.17) is 11.6 Å². The van der Waals surface area contributed by atoms with E-state index in [0.717, 1.165) is 69.0 Å². The first kappa shape index (κ1) is 19.0. The first-order valence-electron chi connectivity index (χ1n) is 9.83. The summed E-state index contributed by atoms with van der Waals surface area (Å²) in [5.41, 5.74) is 1.16. The summed E-state index contributed by atoms with van der Waals surface area (Å²) in [5, 5.41) is 0.766. The monoisotopic (exact) mass is 401 g/mol. The fourth-order valence-corrected chi connectivity index (χ4v) is 4.05. The normalized spacial score (nSPS) is 18.4. The van der Waals surface area contributed by atoms with E-state index >= 15 is 0 Å². The molecule has 2 aromatic rings. The standard InChI is InChI=1S/C20H25ClN6O/c21-17-3-1-4-18(15-17)25-9-7-24(8-10-25)16-19(28)26-11-13-27(14-12-26)20-22-5-2-6-23-20/h1-6,15H,7-14,16H2/p+1. The summed E-state index contributed by atoms with van der Waals surface area (Å²) in [5.74, 6) is 0.997. The largest absolute Gasteiger partial charge is 0.360 e. The number of piperazine rings is 2. The molecule has 2 fully saturated rings. The minimum atomic E-state index is 0.250. The maximum absolute atomic E-state index is 12.7. The SMILES string of the molecule is O=C(C[NH+]1CCN(c2cccc(Cl)c2)CC1)N1CCN(c2ncccn2)CC1. The van der Waals surface area contributed by atoms with Gasteiger partial charge in [0, 0.05) is 49.3 Å². The number of halogens is 1. The van der Waals surface area contributed by atoms with Gasteiger partial charge in [-0.2, -0.15) is 0 Å². The minimum Gasteiger partial charge on any atom is -0.360 e. The molecule has 148 valence electrons. The average molecular weight is 402 g/mol. The van der Waals surface area contributed by atoms with Crippen LogP contribution in [-0.2, 0) is 4.79 Å². The van der Waals surface area contributed by atoms with Crippen LogP contribution < -0.4 is 14.7 Å². The van der Waals surface area contributed by atoms with E-state index in [1.165, 1.54) is 4.90 Å². The zero-order valence-corrected chi connectivity index (χ0v) is 16.7. The Hall–Kier alpha value is -2.38. The Bertz CT molecular complexity index is 788. The Morgan fingerprint density at radius 3 is 2.36 bits per heavy atom. The van der Waals surface area contributed by atoms with Crippen LogP contribution in [0, 0.1) is 0 Å². The zero-order valence-electron chi connectivity index (χ0n) is 15.9. The molecule has 1 N–H and O–H groups in total. The summed E-state index contributed by atoms with van der Waals surface area (Å²) < 4.78 is 0. The highest BCUT2D eigenvalue weighted by atomic mass is 35.5. The van der Waals surface area contributed by atoms with Gasteiger partial charge in [0.2, 0.25) is 5.95 Å². The fourth-order valence-electron chi connectivity index (χ4n) is 3.87. The third kappa shape index (κ3) is 4.54. The zero-order chi connectivity index (χ0) is 19.3. The van der Waals surface area contributed by atoms with Gasteiger partial charge >= 0.3 is 0 Å². The van der Waals surface area contributed by atoms with Gasteiger partial charge < -0.3 is 19.6 Å². The summed E-state index contributed by atoms with van der Waals surface area (Å²) in [6.07, 6.45) is 3.51. The number of hydrogen-bond donors (Lipinski definition) is 1. The highest BCUT2D eigenvalue weighted by Crippen LogP contribution is 2.19. The fraction of sp³-hybridized carbons (Fsp3) is 0.450. The smallest absolute Gasteiger partial charge is 0.277 e. The number of benzene rings is 1. The van der Waals surface area contributed by atoms with Gasteiger partial charge in [-0.1, -0.05) is 17.7 Å². The molecular formula is C20H26ClN6O+. The number of carbonyl (C=O) groups is 1. The Labute approximate surface area is 170 Å². The number of nitrogens with one attached hydrogen (secondary N) is 1. The quantitative estimate of drug-likeness (QED) is 0.792. The summed E-state index contributed by atoms with van der Waals surface area (Å²) in [6, 6.07) is 9.80. The van der Waals surface area contributed by atoms with Gasteiger partial charge in [-0.05, 0) is 24.3 Å². The van der Waals surface area contributed by atoms with Gasteiger partial charge in [-0.15, -0.1) is 0 Å². The Balaban J connectivity index is 1.23. The van der Waals surface area contributed by atoms with E-state index in [1.54, 1.807) is 12.4 Å². The molecule has 8 heteroatoms. The Kier molecular flexibility index (Phi) is 5.92. The van der Waals surface area contributed by atoms with E-state index in [1.807, 2.05) is 29.2 Å². The maximum Gasteiger partial charge on any atom is 0.277 e. The number of hydrogen-bond acceptors (Lipinski definition) is 5. The van der Waals surface area contributed by atoms with Crippen LogP contribution in [0.2, 0.25) is 5.02 Å². The van der Waals surface area contributed by atoms with E-state index in [-0.39, 0.29) is 5.91 Å². The van der Waals surface area contributed by atoms with Crippen molar-refractivity contribution in [2.45, 2.75) is 0 Å². The van der Waals surface area contributed by atoms with Gasteiger partial charge in [-0.3, -0.25) is 4.79 Å². The average Bonchev–Trinajstić information content (AvgIpc) is 2.75. The molecular weight excluding hydrogens is 376 g/mol. The molecule has 2 aliphatic heterocycles. The summed E-state index contributed by atoms with van der Waals surface area (Å²) >= 11 is 6.10. The topological polar surface area (TPSA) is 57.0 Å². The van der Waals surface area contributed by atoms with Crippen LogP contribution in [0.1, 0.15) is 0 Å². The van der Waals surface area contributed by atoms with Crippen molar-refractivity contribution in [1.29, 1.82) is 0 Å². The van der Waals surface area contributed by atoms with E-state index in [0.29, 0.717) is 6.54 Å². The summed E-state index contributed by atoms with van der Waals surface area (Å²) in [4.78, 5) is 29.2. The molecule has 7 nitrogen and oxygen atoms in total. The molecule has 0 saturated carbocycles. The van der Waals surface area contributed by atoms with Crippen molar-refractivity contribution in [3.63, 3.8) is 0 Å². The van der Waals surface area contributed by atoms with Crippen molar-refractivity contribution >= 4 is 29.1 Å². The summed E-state index contributed by atoms with van der Waals surface area (Å²) in [7, 11) is 0. The molecule has 0 aliphatic carbocycles. The third-order valence-electron chi connectivity index (χ3n) is 5.51. The molecule has 1 amide bonds. The molecule has 0 bridgehead atoms. The van der Waals surface area contributed by atoms with Gasteiger partial charge in [0.25, 0.3) is 5.91 Å². The second-order valence-corrected chi connectivity index (χ2v) is 7.75. The van der Waals surface area contributed by atoms with Crippen LogP contribution in [0.5, 0.6) is 0 Å². The number of carbonyl (C=O) groups excluding carboxylic acids is 1. The second kappa shape index (κ2) is 8.75. The van der Waals surface area contributed by atoms with Crippen molar-refractivity contribution < 1.29 is 9.69 Å². The van der Waals surface area contributed by atoms with Crippen LogP contribution in [0.15, 0.2) is 42.7 Å². The Morgan fingerprint density at radius 2 is 1.68 bits per heavy atom. The molecule has 0 radical (unpaired) electrons. The molecule has 0 spiro atoms. The second-order valence-electron chi connectivity index (χ2n) is 7.31. The van der Waals surface area contributed by atoms with E-state index < -0.39 is 0 Å². The first-order chi connectivity index (χ1) is 13.7. The molecule has 1 aromatic carbocycles. The van der Waals surface area contributed by atoms with Crippen molar-refractivity contribution in [2.75, 3.05) is 68.7 Å². The van der Waals surface area contributed by atoms with Gasteiger partial charge in [0.1, 0.15) is 0 Å². The number of anilines is 2. The van der Waals surface area contributed by atoms with Gasteiger partial charge in [0.15, 0.2) is 6.54 Å². The van der Waals surface area contributed by atoms with E-state index in [9.17, 15) is 4.79 Å². The van der Waals surface area contributed by atoms with Crippen LogP contribution in [0.3, 0.4) is 0 Å². The number of quaternary nitrogens is 1. The minimum absolute atomic E-state index is 0.250. The van der Waals surface area contributed by atoms with Gasteiger partial charge in [0.05, 0.1) is 26.2 Å². The Morgan fingerprint density at radius 1 is 0.964 bits per heavy atom. The molecule has 3 heterocycles. The highest BCUT2D eigenvalue weighted by molar-refractivity contribution is 6.30. The third-order valence-corrected chi connectivity index (χ3v) is 5.75. The summed E-state index contributed by atoms with van der Waals surface area (Å²) in [6.45, 7) is 7.45. The van der Waals surface area contributed by atoms with Crippen molar-refractivity contribution in [3.8, 4) is 0 Å². The molecule has 2 aliphatic rings. The lowest BCUT2D eigenvalue weighted by atomic mass is 10.2. The molecule has 28 heavy (non-hydrogen) atoms. The molecule has 0 unspecified atom stereocenters. The number of amides is 1. The first-order valence-corrected chi connectivity index (χ1v) is 10.2. The number of aromatic nitrogens is 2. The van der Waals surface area contributed by atoms with E-state index in [2.05, 4.69) is 25.8 Å². The maximum atomic E-state index is 12.7. The molecule has 0 atom stereocenters.